The first kappa shape index (κ1) is 33.1. The van der Waals surface area contributed by atoms with Crippen molar-refractivity contribution < 1.29 is 29.0 Å². The van der Waals surface area contributed by atoms with Crippen LogP contribution in [0, 0.1) is 5.92 Å². The normalized spacial score (nSPS) is 28.6. The molecule has 46 heavy (non-hydrogen) atoms. The zero-order valence-electron chi connectivity index (χ0n) is 27.1. The molecule has 2 aromatic carbocycles. The maximum absolute atomic E-state index is 14.8. The Morgan fingerprint density at radius 2 is 1.85 bits per heavy atom. The van der Waals surface area contributed by atoms with Gasteiger partial charge < -0.3 is 29.3 Å². The lowest BCUT2D eigenvalue weighted by Gasteiger charge is -2.33. The molecular formula is C35H46ClN3O6Si. The van der Waals surface area contributed by atoms with E-state index in [1.54, 1.807) is 21.9 Å². The van der Waals surface area contributed by atoms with Crippen molar-refractivity contribution in [2.24, 2.45) is 5.92 Å². The van der Waals surface area contributed by atoms with Crippen LogP contribution in [-0.2, 0) is 31.3 Å². The molecular weight excluding hydrogens is 622 g/mol. The van der Waals surface area contributed by atoms with E-state index in [0.29, 0.717) is 35.8 Å². The molecule has 3 fully saturated rings. The van der Waals surface area contributed by atoms with Gasteiger partial charge >= 0.3 is 0 Å². The first-order valence-corrected chi connectivity index (χ1v) is 20.2. The zero-order chi connectivity index (χ0) is 32.8. The molecule has 248 valence electrons. The van der Waals surface area contributed by atoms with Gasteiger partial charge in [0, 0.05) is 47.2 Å². The van der Waals surface area contributed by atoms with Crippen LogP contribution in [0.3, 0.4) is 0 Å². The van der Waals surface area contributed by atoms with Crippen molar-refractivity contribution >= 4 is 49.0 Å². The van der Waals surface area contributed by atoms with E-state index in [1.807, 2.05) is 55.2 Å². The third-order valence-corrected chi connectivity index (χ3v) is 13.4. The fourth-order valence-electron chi connectivity index (χ4n) is 8.49. The van der Waals surface area contributed by atoms with Crippen molar-refractivity contribution in [2.75, 3.05) is 29.5 Å². The SMILES string of the molecule is C[C@@H]1[C@@H]([Si](C)(C)O)[C@H](CC(=O)N2CCC[C@H]2CO)O[C@@]12C(=O)N(Cc1cccc(N3CCCCCCC3=O)c1)c1ccc(Cl)cc12. The predicted molar refractivity (Wildman–Crippen MR) is 180 cm³/mol. The summed E-state index contributed by atoms with van der Waals surface area (Å²) in [7, 11) is -2.96. The van der Waals surface area contributed by atoms with E-state index in [4.69, 9.17) is 16.3 Å². The summed E-state index contributed by atoms with van der Waals surface area (Å²) in [5.74, 6) is -0.664. The van der Waals surface area contributed by atoms with Crippen LogP contribution in [0.15, 0.2) is 42.5 Å². The average molecular weight is 668 g/mol. The van der Waals surface area contributed by atoms with Crippen LogP contribution in [0.5, 0.6) is 0 Å². The first-order valence-electron chi connectivity index (χ1n) is 16.8. The minimum absolute atomic E-state index is 0.0271. The average Bonchev–Trinajstić information content (AvgIpc) is 3.66. The van der Waals surface area contributed by atoms with Crippen LogP contribution < -0.4 is 9.80 Å². The Kier molecular flexibility index (Phi) is 9.39. The lowest BCUT2D eigenvalue weighted by atomic mass is 9.82. The molecule has 1 spiro atoms. The number of hydrogen-bond donors (Lipinski definition) is 2. The van der Waals surface area contributed by atoms with Crippen molar-refractivity contribution in [3.63, 3.8) is 0 Å². The molecule has 0 aromatic heterocycles. The molecule has 4 aliphatic heterocycles. The maximum atomic E-state index is 14.8. The smallest absolute Gasteiger partial charge is 0.264 e. The topological polar surface area (TPSA) is 111 Å². The highest BCUT2D eigenvalue weighted by Crippen LogP contribution is 2.60. The van der Waals surface area contributed by atoms with Gasteiger partial charge in [-0.1, -0.05) is 43.5 Å². The Hall–Kier alpha value is -2.76. The predicted octanol–water partition coefficient (Wildman–Crippen LogP) is 5.36. The summed E-state index contributed by atoms with van der Waals surface area (Å²) < 4.78 is 6.84. The molecule has 3 saturated heterocycles. The number of benzene rings is 2. The summed E-state index contributed by atoms with van der Waals surface area (Å²) in [6.07, 6.45) is 5.52. The van der Waals surface area contributed by atoms with Crippen LogP contribution in [0.2, 0.25) is 23.7 Å². The maximum Gasteiger partial charge on any atom is 0.264 e. The van der Waals surface area contributed by atoms with Gasteiger partial charge in [0.25, 0.3) is 5.91 Å². The van der Waals surface area contributed by atoms with E-state index in [-0.39, 0.29) is 43.3 Å². The van der Waals surface area contributed by atoms with Crippen LogP contribution >= 0.6 is 11.6 Å². The van der Waals surface area contributed by atoms with Crippen molar-refractivity contribution in [3.05, 3.63) is 58.6 Å². The Balaban J connectivity index is 1.33. The number of carbonyl (C=O) groups excluding carboxylic acids is 3. The van der Waals surface area contributed by atoms with Gasteiger partial charge in [0.2, 0.25) is 11.8 Å². The summed E-state index contributed by atoms with van der Waals surface area (Å²) in [5, 5.41) is 10.3. The number of aliphatic hydroxyl groups is 1. The zero-order valence-corrected chi connectivity index (χ0v) is 28.8. The van der Waals surface area contributed by atoms with E-state index >= 15 is 0 Å². The molecule has 2 aromatic rings. The summed E-state index contributed by atoms with van der Waals surface area (Å²) in [5.41, 5.74) is 1.25. The minimum atomic E-state index is -2.96. The van der Waals surface area contributed by atoms with Gasteiger partial charge in [-0.3, -0.25) is 14.4 Å². The molecule has 6 rings (SSSR count). The number of ether oxygens (including phenoxy) is 1. The summed E-state index contributed by atoms with van der Waals surface area (Å²) in [6.45, 7) is 7.07. The molecule has 2 N–H and O–H groups in total. The van der Waals surface area contributed by atoms with Crippen LogP contribution in [0.1, 0.15) is 69.4 Å². The highest BCUT2D eigenvalue weighted by Gasteiger charge is 2.66. The fraction of sp³-hybridized carbons (Fsp3) is 0.571. The Morgan fingerprint density at radius 3 is 2.61 bits per heavy atom. The van der Waals surface area contributed by atoms with Gasteiger partial charge in [-0.2, -0.15) is 0 Å². The van der Waals surface area contributed by atoms with Crippen molar-refractivity contribution in [1.82, 2.24) is 4.90 Å². The molecule has 11 heteroatoms. The molecule has 9 nitrogen and oxygen atoms in total. The molecule has 0 unspecified atom stereocenters. The van der Waals surface area contributed by atoms with Gasteiger partial charge in [0.1, 0.15) is 0 Å². The molecule has 0 radical (unpaired) electrons. The molecule has 0 saturated carbocycles. The van der Waals surface area contributed by atoms with Crippen molar-refractivity contribution in [3.8, 4) is 0 Å². The number of carbonyl (C=O) groups is 3. The lowest BCUT2D eigenvalue weighted by molar-refractivity contribution is -0.150. The second-order valence-corrected chi connectivity index (χ2v) is 18.5. The van der Waals surface area contributed by atoms with Crippen LogP contribution in [0.4, 0.5) is 11.4 Å². The van der Waals surface area contributed by atoms with E-state index in [0.717, 1.165) is 49.8 Å². The minimum Gasteiger partial charge on any atom is -0.432 e. The van der Waals surface area contributed by atoms with Crippen molar-refractivity contribution in [1.29, 1.82) is 0 Å². The van der Waals surface area contributed by atoms with Crippen LogP contribution in [-0.4, -0.2) is 72.7 Å². The Morgan fingerprint density at radius 1 is 1.07 bits per heavy atom. The summed E-state index contributed by atoms with van der Waals surface area (Å²) >= 11 is 6.55. The van der Waals surface area contributed by atoms with Gasteiger partial charge in [-0.15, -0.1) is 0 Å². The van der Waals surface area contributed by atoms with Gasteiger partial charge in [-0.25, -0.2) is 0 Å². The van der Waals surface area contributed by atoms with Crippen molar-refractivity contribution in [2.45, 2.75) is 101 Å². The lowest BCUT2D eigenvalue weighted by Crippen LogP contribution is -2.46. The Bertz CT molecular complexity index is 1500. The highest BCUT2D eigenvalue weighted by molar-refractivity contribution is 6.71. The van der Waals surface area contributed by atoms with E-state index in [1.165, 1.54) is 0 Å². The third-order valence-electron chi connectivity index (χ3n) is 10.6. The largest absolute Gasteiger partial charge is 0.432 e. The second kappa shape index (κ2) is 13.0. The second-order valence-electron chi connectivity index (χ2n) is 14.1. The third kappa shape index (κ3) is 5.92. The quantitative estimate of drug-likeness (QED) is 0.385. The number of anilines is 2. The summed E-state index contributed by atoms with van der Waals surface area (Å²) in [4.78, 5) is 58.3. The number of aliphatic hydroxyl groups excluding tert-OH is 1. The first-order chi connectivity index (χ1) is 22.0. The molecule has 0 bridgehead atoms. The number of halogens is 1. The number of hydrogen-bond acceptors (Lipinski definition) is 6. The highest BCUT2D eigenvalue weighted by atomic mass is 35.5. The molecule has 4 heterocycles. The van der Waals surface area contributed by atoms with E-state index in [2.05, 4.69) is 0 Å². The van der Waals surface area contributed by atoms with Gasteiger partial charge in [0.15, 0.2) is 13.9 Å². The Labute approximate surface area is 277 Å². The van der Waals surface area contributed by atoms with Crippen LogP contribution in [0.25, 0.3) is 0 Å². The number of likely N-dealkylation sites (tertiary alicyclic amines) is 1. The number of nitrogens with zero attached hydrogens (tertiary/aromatic N) is 3. The van der Waals surface area contributed by atoms with Gasteiger partial charge in [-0.05, 0) is 74.7 Å². The molecule has 0 aliphatic carbocycles. The van der Waals surface area contributed by atoms with E-state index < -0.39 is 31.5 Å². The number of fused-ring (bicyclic) bond motifs is 2. The monoisotopic (exact) mass is 667 g/mol. The molecule has 3 amide bonds. The standard InChI is InChI=1S/C35H46ClN3O6Si/c1-23-33(46(2,3)44)30(20-32(42)38-17-9-12-27(38)22-40)45-35(23)28-19-25(36)14-15-29(28)39(34(35)43)21-24-10-8-11-26(18-24)37-16-7-5-4-6-13-31(37)41/h8,10-11,14-15,18-19,23,27,30,33,40,44H,4-7,9,12-13,16-17,20-22H2,1-3H3/t23-,27+,30+,33-,35+/m1/s1. The molecule has 5 atom stereocenters. The molecule has 4 aliphatic rings. The van der Waals surface area contributed by atoms with E-state index in [9.17, 15) is 24.3 Å². The van der Waals surface area contributed by atoms with Gasteiger partial charge in [0.05, 0.1) is 37.4 Å². The summed E-state index contributed by atoms with van der Waals surface area (Å²) in [6, 6.07) is 13.0. The number of rotatable bonds is 7. The number of amides is 3. The fourth-order valence-corrected chi connectivity index (χ4v) is 11.2.